The number of hydrogen-bond donors (Lipinski definition) is 2. The van der Waals surface area contributed by atoms with Crippen LogP contribution in [0.2, 0.25) is 5.02 Å². The summed E-state index contributed by atoms with van der Waals surface area (Å²) in [6, 6.07) is 8.84. The van der Waals surface area contributed by atoms with Crippen molar-refractivity contribution in [2.45, 2.75) is 57.0 Å². The van der Waals surface area contributed by atoms with Crippen LogP contribution in [-0.4, -0.2) is 34.0 Å². The first kappa shape index (κ1) is 24.2. The van der Waals surface area contributed by atoms with Gasteiger partial charge in [0.2, 0.25) is 5.95 Å². The highest BCUT2D eigenvalue weighted by Crippen LogP contribution is 2.41. The second-order valence-electron chi connectivity index (χ2n) is 8.04. The van der Waals surface area contributed by atoms with E-state index >= 15 is 0 Å². The minimum absolute atomic E-state index is 0. The molecule has 0 unspecified atom stereocenters. The van der Waals surface area contributed by atoms with E-state index in [9.17, 15) is 0 Å². The fraction of sp³-hybridized carbons (Fsp3) is 0.524. The fourth-order valence-electron chi connectivity index (χ4n) is 4.88. The van der Waals surface area contributed by atoms with E-state index < -0.39 is 0 Å². The monoisotopic (exact) mass is 457 g/mol. The number of hydrogen-bond acceptors (Lipinski definition) is 5. The molecule has 8 heteroatoms. The third kappa shape index (κ3) is 4.80. The number of halogens is 3. The Morgan fingerprint density at radius 1 is 1.21 bits per heavy atom. The highest BCUT2D eigenvalue weighted by molar-refractivity contribution is 6.30. The number of anilines is 1. The maximum absolute atomic E-state index is 6.26. The smallest absolute Gasteiger partial charge is 0.220 e. The molecule has 0 atom stereocenters. The summed E-state index contributed by atoms with van der Waals surface area (Å²) in [4.78, 5) is 11.4. The highest BCUT2D eigenvalue weighted by Gasteiger charge is 2.38. The van der Waals surface area contributed by atoms with Gasteiger partial charge >= 0.3 is 0 Å². The van der Waals surface area contributed by atoms with Crippen LogP contribution in [0.5, 0.6) is 0 Å². The molecule has 4 rings (SSSR count). The van der Waals surface area contributed by atoms with Gasteiger partial charge in [0.05, 0.1) is 5.69 Å². The third-order valence-electron chi connectivity index (χ3n) is 6.57. The van der Waals surface area contributed by atoms with Crippen molar-refractivity contribution in [1.82, 2.24) is 14.9 Å². The molecule has 1 aliphatic heterocycles. The van der Waals surface area contributed by atoms with E-state index in [2.05, 4.69) is 27.0 Å². The van der Waals surface area contributed by atoms with Gasteiger partial charge in [0.1, 0.15) is 0 Å². The Bertz CT molecular complexity index is 837. The first-order chi connectivity index (χ1) is 13.0. The van der Waals surface area contributed by atoms with Crippen molar-refractivity contribution in [2.75, 3.05) is 18.8 Å². The second-order valence-corrected chi connectivity index (χ2v) is 8.48. The van der Waals surface area contributed by atoms with Crippen LogP contribution in [0.25, 0.3) is 0 Å². The predicted molar refractivity (Wildman–Crippen MR) is 124 cm³/mol. The van der Waals surface area contributed by atoms with E-state index in [4.69, 9.17) is 23.1 Å². The minimum atomic E-state index is 0. The van der Waals surface area contributed by atoms with Gasteiger partial charge in [0.25, 0.3) is 0 Å². The second kappa shape index (κ2) is 9.80. The average molecular weight is 459 g/mol. The summed E-state index contributed by atoms with van der Waals surface area (Å²) in [5.74, 6) is 0.395. The lowest BCUT2D eigenvalue weighted by Crippen LogP contribution is -2.47. The van der Waals surface area contributed by atoms with Crippen LogP contribution in [0.4, 0.5) is 5.95 Å². The Kier molecular flexibility index (Phi) is 8.16. The number of nitrogens with two attached hydrogens (primary N) is 2. The Hall–Kier alpha value is -1.11. The van der Waals surface area contributed by atoms with Gasteiger partial charge in [-0.25, -0.2) is 9.97 Å². The van der Waals surface area contributed by atoms with Crippen LogP contribution >= 0.6 is 36.4 Å². The van der Waals surface area contributed by atoms with E-state index in [0.29, 0.717) is 18.5 Å². The topological polar surface area (TPSA) is 81.1 Å². The molecule has 4 N–H and O–H groups in total. The fourth-order valence-corrected chi connectivity index (χ4v) is 5.07. The van der Waals surface area contributed by atoms with Gasteiger partial charge in [-0.05, 0) is 50.3 Å². The molecule has 1 saturated carbocycles. The lowest BCUT2D eigenvalue weighted by molar-refractivity contribution is 0.112. The largest absolute Gasteiger partial charge is 0.368 e. The van der Waals surface area contributed by atoms with Crippen LogP contribution in [-0.2, 0) is 18.4 Å². The number of aromatic nitrogens is 2. The lowest BCUT2D eigenvalue weighted by Gasteiger charge is -2.44. The summed E-state index contributed by atoms with van der Waals surface area (Å²) in [5, 5.41) is 0.796. The first-order valence-corrected chi connectivity index (χ1v) is 10.2. The summed E-state index contributed by atoms with van der Waals surface area (Å²) in [6.07, 6.45) is 5.49. The number of benzene rings is 1. The summed E-state index contributed by atoms with van der Waals surface area (Å²) in [5.41, 5.74) is 16.8. The molecule has 2 heterocycles. The number of aryl methyl sites for hydroxylation is 1. The molecular formula is C21H30Cl3N5. The molecule has 5 nitrogen and oxygen atoms in total. The SMILES string of the molecule is Cc1nc(N)nc2c1CN([C@H]1CC[C@@](CN)(c3cccc(Cl)c3)CC1)CC2.Cl.Cl. The number of nitrogens with zero attached hydrogens (tertiary/aromatic N) is 3. The van der Waals surface area contributed by atoms with Crippen LogP contribution in [0.3, 0.4) is 0 Å². The molecule has 1 fully saturated rings. The molecule has 1 aliphatic carbocycles. The zero-order valence-electron chi connectivity index (χ0n) is 16.7. The summed E-state index contributed by atoms with van der Waals surface area (Å²) in [7, 11) is 0. The van der Waals surface area contributed by atoms with Crippen molar-refractivity contribution in [3.05, 3.63) is 51.8 Å². The van der Waals surface area contributed by atoms with Crippen molar-refractivity contribution >= 4 is 42.4 Å². The predicted octanol–water partition coefficient (Wildman–Crippen LogP) is 4.06. The van der Waals surface area contributed by atoms with Crippen LogP contribution in [0.1, 0.15) is 48.2 Å². The third-order valence-corrected chi connectivity index (χ3v) is 6.81. The zero-order valence-corrected chi connectivity index (χ0v) is 19.1. The van der Waals surface area contributed by atoms with Crippen LogP contribution in [0, 0.1) is 6.92 Å². The van der Waals surface area contributed by atoms with Gasteiger partial charge < -0.3 is 11.5 Å². The van der Waals surface area contributed by atoms with Crippen LogP contribution < -0.4 is 11.5 Å². The van der Waals surface area contributed by atoms with Gasteiger partial charge in [0, 0.05) is 53.8 Å². The number of fused-ring (bicyclic) bond motifs is 1. The van der Waals surface area contributed by atoms with Crippen molar-refractivity contribution in [2.24, 2.45) is 5.73 Å². The van der Waals surface area contributed by atoms with Gasteiger partial charge in [-0.3, -0.25) is 4.90 Å². The molecule has 0 spiro atoms. The summed E-state index contributed by atoms with van der Waals surface area (Å²) in [6.45, 7) is 4.69. The summed E-state index contributed by atoms with van der Waals surface area (Å²) < 4.78 is 0. The van der Waals surface area contributed by atoms with Gasteiger partial charge in [-0.1, -0.05) is 23.7 Å². The first-order valence-electron chi connectivity index (χ1n) is 9.83. The molecule has 1 aromatic heterocycles. The molecule has 2 aliphatic rings. The number of nitrogen functional groups attached to an aromatic ring is 1. The molecule has 29 heavy (non-hydrogen) atoms. The average Bonchev–Trinajstić information content (AvgIpc) is 2.68. The molecule has 0 radical (unpaired) electrons. The van der Waals surface area contributed by atoms with Gasteiger partial charge in [0.15, 0.2) is 0 Å². The van der Waals surface area contributed by atoms with Crippen molar-refractivity contribution in [1.29, 1.82) is 0 Å². The zero-order chi connectivity index (χ0) is 19.0. The van der Waals surface area contributed by atoms with E-state index in [1.165, 1.54) is 11.1 Å². The molecule has 2 aromatic rings. The van der Waals surface area contributed by atoms with Crippen molar-refractivity contribution < 1.29 is 0 Å². The molecular weight excluding hydrogens is 429 g/mol. The summed E-state index contributed by atoms with van der Waals surface area (Å²) >= 11 is 6.24. The Balaban J connectivity index is 0.00000150. The van der Waals surface area contributed by atoms with Crippen molar-refractivity contribution in [3.8, 4) is 0 Å². The van der Waals surface area contributed by atoms with Crippen LogP contribution in [0.15, 0.2) is 24.3 Å². The lowest BCUT2D eigenvalue weighted by atomic mass is 9.68. The molecule has 0 saturated heterocycles. The van der Waals surface area contributed by atoms with Crippen molar-refractivity contribution in [3.63, 3.8) is 0 Å². The van der Waals surface area contributed by atoms with E-state index in [0.717, 1.165) is 61.6 Å². The molecule has 0 bridgehead atoms. The molecule has 0 amide bonds. The Labute approximate surface area is 190 Å². The number of rotatable bonds is 3. The maximum atomic E-state index is 6.26. The maximum Gasteiger partial charge on any atom is 0.220 e. The quantitative estimate of drug-likeness (QED) is 0.725. The van der Waals surface area contributed by atoms with Gasteiger partial charge in [-0.15, -0.1) is 24.8 Å². The van der Waals surface area contributed by atoms with Gasteiger partial charge in [-0.2, -0.15) is 0 Å². The van der Waals surface area contributed by atoms with E-state index in [1.807, 2.05) is 19.1 Å². The standard InChI is InChI=1S/C21H28ClN5.2ClH/c1-14-18-12-27(10-7-19(18)26-20(24)25-14)17-5-8-21(13-23,9-6-17)15-3-2-4-16(22)11-15;;/h2-4,11,17H,5-10,12-13,23H2,1H3,(H2,24,25,26);2*1H/t17-,21+;;. The Morgan fingerprint density at radius 2 is 1.93 bits per heavy atom. The Morgan fingerprint density at radius 3 is 2.59 bits per heavy atom. The normalized spacial score (nSPS) is 24.2. The van der Waals surface area contributed by atoms with E-state index in [-0.39, 0.29) is 30.2 Å². The van der Waals surface area contributed by atoms with E-state index in [1.54, 1.807) is 0 Å². The molecule has 160 valence electrons. The minimum Gasteiger partial charge on any atom is -0.368 e. The highest BCUT2D eigenvalue weighted by atomic mass is 35.5. The molecule has 1 aromatic carbocycles.